The summed E-state index contributed by atoms with van der Waals surface area (Å²) in [5, 5.41) is 3.90. The molecule has 0 bridgehead atoms. The van der Waals surface area contributed by atoms with E-state index in [9.17, 15) is 4.79 Å². The quantitative estimate of drug-likeness (QED) is 0.600. The SMILES string of the molecule is Cc1nc(Cn2cnc(Cl)c(I)c2=O)no1. The highest BCUT2D eigenvalue weighted by molar-refractivity contribution is 14.1. The molecular formula is C8H6ClIN4O2. The van der Waals surface area contributed by atoms with Crippen molar-refractivity contribution in [3.8, 4) is 0 Å². The zero-order valence-electron chi connectivity index (χ0n) is 8.15. The van der Waals surface area contributed by atoms with Crippen LogP contribution in [0.15, 0.2) is 15.6 Å². The zero-order valence-corrected chi connectivity index (χ0v) is 11.1. The average Bonchev–Trinajstić information content (AvgIpc) is 2.65. The largest absolute Gasteiger partial charge is 0.340 e. The Bertz CT molecular complexity index is 580. The number of hydrogen-bond acceptors (Lipinski definition) is 5. The fourth-order valence-electron chi connectivity index (χ4n) is 1.11. The van der Waals surface area contributed by atoms with E-state index in [2.05, 4.69) is 15.1 Å². The van der Waals surface area contributed by atoms with E-state index < -0.39 is 0 Å². The molecule has 2 heterocycles. The molecule has 0 N–H and O–H groups in total. The Balaban J connectivity index is 2.36. The van der Waals surface area contributed by atoms with Crippen molar-refractivity contribution >= 4 is 34.2 Å². The van der Waals surface area contributed by atoms with Crippen LogP contribution in [0.1, 0.15) is 11.7 Å². The summed E-state index contributed by atoms with van der Waals surface area (Å²) < 4.78 is 6.56. The molecule has 2 aromatic rings. The summed E-state index contributed by atoms with van der Waals surface area (Å²) in [5.41, 5.74) is -0.219. The summed E-state index contributed by atoms with van der Waals surface area (Å²) in [6.07, 6.45) is 1.36. The molecule has 0 radical (unpaired) electrons. The Morgan fingerprint density at radius 3 is 3.00 bits per heavy atom. The first-order valence-corrected chi connectivity index (χ1v) is 5.73. The predicted octanol–water partition coefficient (Wildman–Crippen LogP) is 1.24. The maximum atomic E-state index is 11.7. The molecule has 0 unspecified atom stereocenters. The van der Waals surface area contributed by atoms with E-state index in [-0.39, 0.29) is 17.3 Å². The molecule has 0 saturated carbocycles. The molecule has 6 nitrogen and oxygen atoms in total. The van der Waals surface area contributed by atoms with E-state index in [1.54, 1.807) is 6.92 Å². The van der Waals surface area contributed by atoms with Gasteiger partial charge in [0.05, 0.1) is 12.9 Å². The number of aromatic nitrogens is 4. The molecule has 0 atom stereocenters. The van der Waals surface area contributed by atoms with E-state index in [0.717, 1.165) is 0 Å². The van der Waals surface area contributed by atoms with Gasteiger partial charge in [0.25, 0.3) is 5.56 Å². The van der Waals surface area contributed by atoms with Gasteiger partial charge in [0.15, 0.2) is 5.82 Å². The van der Waals surface area contributed by atoms with Crippen LogP contribution in [0.25, 0.3) is 0 Å². The van der Waals surface area contributed by atoms with Gasteiger partial charge in [-0.05, 0) is 22.6 Å². The highest BCUT2D eigenvalue weighted by atomic mass is 127. The lowest BCUT2D eigenvalue weighted by Gasteiger charge is -2.02. The van der Waals surface area contributed by atoms with Crippen LogP contribution in [0, 0.1) is 10.5 Å². The monoisotopic (exact) mass is 352 g/mol. The first kappa shape index (κ1) is 11.5. The third-order valence-electron chi connectivity index (χ3n) is 1.82. The van der Waals surface area contributed by atoms with Crippen molar-refractivity contribution in [3.63, 3.8) is 0 Å². The van der Waals surface area contributed by atoms with E-state index in [4.69, 9.17) is 16.1 Å². The minimum absolute atomic E-state index is 0.200. The number of halogens is 2. The van der Waals surface area contributed by atoms with Crippen molar-refractivity contribution in [1.29, 1.82) is 0 Å². The number of rotatable bonds is 2. The summed E-state index contributed by atoms with van der Waals surface area (Å²) in [6.45, 7) is 1.90. The molecular weight excluding hydrogens is 346 g/mol. The molecule has 0 aliphatic heterocycles. The van der Waals surface area contributed by atoms with Gasteiger partial charge in [-0.15, -0.1) is 0 Å². The highest BCUT2D eigenvalue weighted by Gasteiger charge is 2.09. The smallest absolute Gasteiger partial charge is 0.268 e. The molecule has 0 spiro atoms. The molecule has 0 saturated heterocycles. The van der Waals surface area contributed by atoms with Crippen LogP contribution in [0.3, 0.4) is 0 Å². The van der Waals surface area contributed by atoms with E-state index in [0.29, 0.717) is 15.3 Å². The van der Waals surface area contributed by atoms with Crippen LogP contribution in [0.2, 0.25) is 5.15 Å². The third kappa shape index (κ3) is 2.24. The Morgan fingerprint density at radius 1 is 1.62 bits per heavy atom. The van der Waals surface area contributed by atoms with Gasteiger partial charge < -0.3 is 4.52 Å². The molecule has 0 fully saturated rings. The van der Waals surface area contributed by atoms with Crippen LogP contribution < -0.4 is 5.56 Å². The van der Waals surface area contributed by atoms with Gasteiger partial charge in [-0.2, -0.15) is 4.98 Å². The zero-order chi connectivity index (χ0) is 11.7. The second kappa shape index (κ2) is 4.50. The van der Waals surface area contributed by atoms with Gasteiger partial charge >= 0.3 is 0 Å². The van der Waals surface area contributed by atoms with Gasteiger partial charge in [-0.1, -0.05) is 16.8 Å². The minimum Gasteiger partial charge on any atom is -0.340 e. The summed E-state index contributed by atoms with van der Waals surface area (Å²) in [6, 6.07) is 0. The van der Waals surface area contributed by atoms with Crippen LogP contribution >= 0.6 is 34.2 Å². The molecule has 0 aliphatic carbocycles. The highest BCUT2D eigenvalue weighted by Crippen LogP contribution is 2.09. The lowest BCUT2D eigenvalue weighted by atomic mass is 10.5. The van der Waals surface area contributed by atoms with Gasteiger partial charge in [0, 0.05) is 6.92 Å². The number of aryl methyl sites for hydroxylation is 1. The van der Waals surface area contributed by atoms with E-state index in [1.807, 2.05) is 22.6 Å². The van der Waals surface area contributed by atoms with Crippen LogP contribution in [-0.4, -0.2) is 19.7 Å². The van der Waals surface area contributed by atoms with Crippen molar-refractivity contribution in [2.24, 2.45) is 0 Å². The van der Waals surface area contributed by atoms with Crippen LogP contribution in [0.5, 0.6) is 0 Å². The lowest BCUT2D eigenvalue weighted by molar-refractivity contribution is 0.385. The van der Waals surface area contributed by atoms with Crippen molar-refractivity contribution < 1.29 is 4.52 Å². The average molecular weight is 353 g/mol. The Kier molecular flexibility index (Phi) is 3.24. The normalized spacial score (nSPS) is 10.7. The second-order valence-corrected chi connectivity index (χ2v) is 4.45. The number of hydrogen-bond donors (Lipinski definition) is 0. The van der Waals surface area contributed by atoms with Crippen LogP contribution in [-0.2, 0) is 6.54 Å². The van der Waals surface area contributed by atoms with Gasteiger partial charge in [-0.25, -0.2) is 4.98 Å². The maximum absolute atomic E-state index is 11.7. The summed E-state index contributed by atoms with van der Waals surface area (Å²) in [5.74, 6) is 0.888. The maximum Gasteiger partial charge on any atom is 0.268 e. The molecule has 84 valence electrons. The minimum atomic E-state index is -0.219. The van der Waals surface area contributed by atoms with Crippen molar-refractivity contribution in [1.82, 2.24) is 19.7 Å². The van der Waals surface area contributed by atoms with Crippen molar-refractivity contribution in [2.75, 3.05) is 0 Å². The molecule has 0 aromatic carbocycles. The van der Waals surface area contributed by atoms with Crippen molar-refractivity contribution in [2.45, 2.75) is 13.5 Å². The Morgan fingerprint density at radius 2 is 2.38 bits per heavy atom. The van der Waals surface area contributed by atoms with Gasteiger partial charge in [0.1, 0.15) is 8.72 Å². The summed E-state index contributed by atoms with van der Waals surface area (Å²) >= 11 is 7.56. The Hall–Kier alpha value is -0.960. The summed E-state index contributed by atoms with van der Waals surface area (Å²) in [7, 11) is 0. The molecule has 2 rings (SSSR count). The fourth-order valence-corrected chi connectivity index (χ4v) is 1.69. The molecule has 0 amide bonds. The van der Waals surface area contributed by atoms with E-state index in [1.165, 1.54) is 10.9 Å². The van der Waals surface area contributed by atoms with Gasteiger partial charge in [-0.3, -0.25) is 9.36 Å². The molecule has 16 heavy (non-hydrogen) atoms. The summed E-state index contributed by atoms with van der Waals surface area (Å²) in [4.78, 5) is 19.6. The predicted molar refractivity (Wildman–Crippen MR) is 64.4 cm³/mol. The van der Waals surface area contributed by atoms with Gasteiger partial charge in [0.2, 0.25) is 5.89 Å². The first-order chi connectivity index (χ1) is 7.58. The first-order valence-electron chi connectivity index (χ1n) is 4.27. The molecule has 8 heteroatoms. The molecule has 0 aliphatic rings. The van der Waals surface area contributed by atoms with Crippen molar-refractivity contribution in [3.05, 3.63) is 37.1 Å². The standard InChI is InChI=1S/C8H6ClIN4O2/c1-4-12-5(13-16-4)2-14-3-11-7(9)6(10)8(14)15/h3H,2H2,1H3. The Labute approximate surface area is 109 Å². The van der Waals surface area contributed by atoms with Crippen LogP contribution in [0.4, 0.5) is 0 Å². The third-order valence-corrected chi connectivity index (χ3v) is 3.40. The topological polar surface area (TPSA) is 73.8 Å². The second-order valence-electron chi connectivity index (χ2n) is 3.01. The van der Waals surface area contributed by atoms with E-state index >= 15 is 0 Å². The fraction of sp³-hybridized carbons (Fsp3) is 0.250. The number of nitrogens with zero attached hydrogens (tertiary/aromatic N) is 4. The lowest BCUT2D eigenvalue weighted by Crippen LogP contribution is -2.24. The molecule has 2 aromatic heterocycles.